The zero-order chi connectivity index (χ0) is 13.0. The fourth-order valence-corrected chi connectivity index (χ4v) is 2.01. The van der Waals surface area contributed by atoms with Crippen molar-refractivity contribution in [2.24, 2.45) is 11.7 Å². The summed E-state index contributed by atoms with van der Waals surface area (Å²) in [6.07, 6.45) is 2.34. The molecule has 0 aliphatic heterocycles. The van der Waals surface area contributed by atoms with Crippen LogP contribution < -0.4 is 15.8 Å². The Bertz CT molecular complexity index is 422. The van der Waals surface area contributed by atoms with E-state index in [0.29, 0.717) is 24.6 Å². The van der Waals surface area contributed by atoms with Gasteiger partial charge in [0.05, 0.1) is 6.61 Å². The summed E-state index contributed by atoms with van der Waals surface area (Å²) >= 11 is 0. The molecule has 1 aromatic rings. The van der Waals surface area contributed by atoms with Crippen molar-refractivity contribution in [3.05, 3.63) is 29.8 Å². The van der Waals surface area contributed by atoms with Gasteiger partial charge in [-0.1, -0.05) is 6.07 Å². The Hall–Kier alpha value is -1.26. The van der Waals surface area contributed by atoms with E-state index >= 15 is 0 Å². The van der Waals surface area contributed by atoms with Crippen molar-refractivity contribution in [3.63, 3.8) is 0 Å². The fourth-order valence-electron chi connectivity index (χ4n) is 2.01. The number of hydrogen-bond donors (Lipinski definition) is 2. The van der Waals surface area contributed by atoms with Crippen LogP contribution in [0.3, 0.4) is 0 Å². The monoisotopic (exact) mass is 284 g/mol. The molecular formula is C14H21ClN2O2. The van der Waals surface area contributed by atoms with Gasteiger partial charge in [-0.15, -0.1) is 12.4 Å². The molecule has 2 rings (SSSR count). The van der Waals surface area contributed by atoms with Gasteiger partial charge in [0.1, 0.15) is 5.75 Å². The molecule has 1 aliphatic rings. The van der Waals surface area contributed by atoms with Crippen LogP contribution in [0.25, 0.3) is 0 Å². The van der Waals surface area contributed by atoms with Gasteiger partial charge in [0.25, 0.3) is 5.91 Å². The minimum Gasteiger partial charge on any atom is -0.494 e. The molecule has 0 bridgehead atoms. The molecule has 0 radical (unpaired) electrons. The number of amides is 1. The minimum absolute atomic E-state index is 0. The summed E-state index contributed by atoms with van der Waals surface area (Å²) in [5.74, 6) is 1.22. The first-order chi connectivity index (χ1) is 8.74. The first kappa shape index (κ1) is 15.8. The third-order valence-corrected chi connectivity index (χ3v) is 3.17. The van der Waals surface area contributed by atoms with E-state index in [0.717, 1.165) is 5.75 Å². The standard InChI is InChI=1S/C14H20N2O2.ClH/c1-2-18-12-5-3-4-11(8-12)14(17)16-13(9-15)10-6-7-10;/h3-5,8,10,13H,2,6-7,9,15H2,1H3,(H,16,17);1H. The summed E-state index contributed by atoms with van der Waals surface area (Å²) in [5, 5.41) is 2.99. The predicted octanol–water partition coefficient (Wildman–Crippen LogP) is 1.97. The van der Waals surface area contributed by atoms with Crippen LogP contribution in [0.15, 0.2) is 24.3 Å². The van der Waals surface area contributed by atoms with E-state index in [1.54, 1.807) is 12.1 Å². The molecule has 19 heavy (non-hydrogen) atoms. The number of halogens is 1. The summed E-state index contributed by atoms with van der Waals surface area (Å²) in [6, 6.07) is 7.33. The van der Waals surface area contributed by atoms with Crippen LogP contribution in [0.2, 0.25) is 0 Å². The maximum Gasteiger partial charge on any atom is 0.251 e. The van der Waals surface area contributed by atoms with Gasteiger partial charge >= 0.3 is 0 Å². The molecular weight excluding hydrogens is 264 g/mol. The lowest BCUT2D eigenvalue weighted by Crippen LogP contribution is -2.41. The van der Waals surface area contributed by atoms with Crippen molar-refractivity contribution in [3.8, 4) is 5.75 Å². The normalized spacial score (nSPS) is 15.3. The van der Waals surface area contributed by atoms with Crippen molar-refractivity contribution in [1.82, 2.24) is 5.32 Å². The largest absolute Gasteiger partial charge is 0.494 e. The SMILES string of the molecule is CCOc1cccc(C(=O)NC(CN)C2CC2)c1.Cl. The number of nitrogens with one attached hydrogen (secondary N) is 1. The van der Waals surface area contributed by atoms with Crippen LogP contribution in [0.1, 0.15) is 30.1 Å². The number of nitrogens with two attached hydrogens (primary N) is 1. The number of ether oxygens (including phenoxy) is 1. The van der Waals surface area contributed by atoms with Crippen molar-refractivity contribution >= 4 is 18.3 Å². The molecule has 0 saturated heterocycles. The Balaban J connectivity index is 0.00000180. The van der Waals surface area contributed by atoms with Crippen LogP contribution in [0.4, 0.5) is 0 Å². The highest BCUT2D eigenvalue weighted by Crippen LogP contribution is 2.32. The van der Waals surface area contributed by atoms with Gasteiger partial charge in [0.15, 0.2) is 0 Å². The highest BCUT2D eigenvalue weighted by molar-refractivity contribution is 5.94. The number of carbonyl (C=O) groups is 1. The molecule has 5 heteroatoms. The summed E-state index contributed by atoms with van der Waals surface area (Å²) in [7, 11) is 0. The topological polar surface area (TPSA) is 64.3 Å². The van der Waals surface area contributed by atoms with Crippen LogP contribution in [-0.4, -0.2) is 25.1 Å². The van der Waals surface area contributed by atoms with Crippen molar-refractivity contribution in [2.45, 2.75) is 25.8 Å². The number of hydrogen-bond acceptors (Lipinski definition) is 3. The van der Waals surface area contributed by atoms with Crippen LogP contribution in [0, 0.1) is 5.92 Å². The molecule has 106 valence electrons. The molecule has 1 unspecified atom stereocenters. The predicted molar refractivity (Wildman–Crippen MR) is 77.9 cm³/mol. The fraction of sp³-hybridized carbons (Fsp3) is 0.500. The van der Waals surface area contributed by atoms with Gasteiger partial charge in [0.2, 0.25) is 0 Å². The molecule has 3 N–H and O–H groups in total. The molecule has 1 aliphatic carbocycles. The van der Waals surface area contributed by atoms with Gasteiger partial charge in [0, 0.05) is 18.2 Å². The molecule has 0 spiro atoms. The summed E-state index contributed by atoms with van der Waals surface area (Å²) in [4.78, 5) is 12.1. The lowest BCUT2D eigenvalue weighted by atomic mass is 10.1. The lowest BCUT2D eigenvalue weighted by molar-refractivity contribution is 0.0933. The average molecular weight is 285 g/mol. The zero-order valence-corrected chi connectivity index (χ0v) is 11.9. The molecule has 0 aromatic heterocycles. The minimum atomic E-state index is -0.0705. The van der Waals surface area contributed by atoms with Crippen molar-refractivity contribution < 1.29 is 9.53 Å². The molecule has 1 saturated carbocycles. The number of rotatable bonds is 6. The summed E-state index contributed by atoms with van der Waals surface area (Å²) in [6.45, 7) is 3.02. The van der Waals surface area contributed by atoms with E-state index in [4.69, 9.17) is 10.5 Å². The summed E-state index contributed by atoms with van der Waals surface area (Å²) in [5.41, 5.74) is 6.30. The quantitative estimate of drug-likeness (QED) is 0.839. The second kappa shape index (κ2) is 7.36. The van der Waals surface area contributed by atoms with E-state index in [1.165, 1.54) is 12.8 Å². The molecule has 1 fully saturated rings. The Morgan fingerprint density at radius 3 is 2.84 bits per heavy atom. The zero-order valence-electron chi connectivity index (χ0n) is 11.1. The van der Waals surface area contributed by atoms with E-state index in [9.17, 15) is 4.79 Å². The first-order valence-corrected chi connectivity index (χ1v) is 6.48. The van der Waals surface area contributed by atoms with Crippen LogP contribution >= 0.6 is 12.4 Å². The molecule has 0 heterocycles. The Morgan fingerprint density at radius 1 is 1.53 bits per heavy atom. The third kappa shape index (κ3) is 4.40. The lowest BCUT2D eigenvalue weighted by Gasteiger charge is -2.16. The van der Waals surface area contributed by atoms with Gasteiger partial charge in [-0.2, -0.15) is 0 Å². The van der Waals surface area contributed by atoms with Crippen molar-refractivity contribution in [2.75, 3.05) is 13.2 Å². The second-order valence-electron chi connectivity index (χ2n) is 4.61. The first-order valence-electron chi connectivity index (χ1n) is 6.48. The molecule has 1 atom stereocenters. The Kier molecular flexibility index (Phi) is 6.12. The van der Waals surface area contributed by atoms with Crippen molar-refractivity contribution in [1.29, 1.82) is 0 Å². The number of carbonyl (C=O) groups excluding carboxylic acids is 1. The van der Waals surface area contributed by atoms with E-state index in [2.05, 4.69) is 5.32 Å². The molecule has 1 aromatic carbocycles. The van der Waals surface area contributed by atoms with Crippen LogP contribution in [-0.2, 0) is 0 Å². The highest BCUT2D eigenvalue weighted by Gasteiger charge is 2.31. The highest BCUT2D eigenvalue weighted by atomic mass is 35.5. The van der Waals surface area contributed by atoms with Gasteiger partial charge < -0.3 is 15.8 Å². The van der Waals surface area contributed by atoms with Gasteiger partial charge in [-0.05, 0) is 43.9 Å². The van der Waals surface area contributed by atoms with Gasteiger partial charge in [-0.25, -0.2) is 0 Å². The molecule has 4 nitrogen and oxygen atoms in total. The number of benzene rings is 1. The third-order valence-electron chi connectivity index (χ3n) is 3.17. The maximum atomic E-state index is 12.1. The summed E-state index contributed by atoms with van der Waals surface area (Å²) < 4.78 is 5.38. The Morgan fingerprint density at radius 2 is 2.26 bits per heavy atom. The second-order valence-corrected chi connectivity index (χ2v) is 4.61. The van der Waals surface area contributed by atoms with Gasteiger partial charge in [-0.3, -0.25) is 4.79 Å². The maximum absolute atomic E-state index is 12.1. The Labute approximate surface area is 120 Å². The molecule has 1 amide bonds. The van der Waals surface area contributed by atoms with E-state index in [1.807, 2.05) is 19.1 Å². The smallest absolute Gasteiger partial charge is 0.251 e. The van der Waals surface area contributed by atoms with Crippen LogP contribution in [0.5, 0.6) is 5.75 Å². The average Bonchev–Trinajstić information content (AvgIpc) is 3.21. The van der Waals surface area contributed by atoms with E-state index in [-0.39, 0.29) is 24.4 Å². The van der Waals surface area contributed by atoms with E-state index < -0.39 is 0 Å².